The molecule has 2 aromatic carbocycles. The first-order valence-electron chi connectivity index (χ1n) is 11.9. The lowest BCUT2D eigenvalue weighted by atomic mass is 9.97. The number of carbonyl (C=O) groups excluding carboxylic acids is 1. The smallest absolute Gasteiger partial charge is 0.225 e. The molecule has 1 unspecified atom stereocenters. The largest absolute Gasteiger partial charge is 0.372 e. The van der Waals surface area contributed by atoms with Crippen LogP contribution in [0.3, 0.4) is 0 Å². The van der Waals surface area contributed by atoms with Gasteiger partial charge in [0.1, 0.15) is 0 Å². The van der Waals surface area contributed by atoms with E-state index in [0.29, 0.717) is 19.0 Å². The molecule has 1 aliphatic heterocycles. The molecule has 0 saturated carbocycles. The van der Waals surface area contributed by atoms with E-state index >= 15 is 0 Å². The summed E-state index contributed by atoms with van der Waals surface area (Å²) in [6.07, 6.45) is 5.58. The highest BCUT2D eigenvalue weighted by Crippen LogP contribution is 2.23. The van der Waals surface area contributed by atoms with Gasteiger partial charge in [-0.15, -0.1) is 0 Å². The molecule has 6 heteroatoms. The Kier molecular flexibility index (Phi) is 7.55. The van der Waals surface area contributed by atoms with Crippen LogP contribution in [0.2, 0.25) is 0 Å². The van der Waals surface area contributed by atoms with Crippen LogP contribution in [0, 0.1) is 5.92 Å². The van der Waals surface area contributed by atoms with Gasteiger partial charge in [0.05, 0.1) is 5.92 Å². The SMILES string of the molecule is CCN(CC)c1ccc(CNC(=O)C2CCCN(c3ncc(-c4ccccc4)cn3)C2)cc1. The second kappa shape index (κ2) is 10.9. The van der Waals surface area contributed by atoms with Crippen molar-refractivity contribution in [2.24, 2.45) is 5.92 Å². The molecule has 0 radical (unpaired) electrons. The molecule has 33 heavy (non-hydrogen) atoms. The molecule has 6 nitrogen and oxygen atoms in total. The predicted molar refractivity (Wildman–Crippen MR) is 134 cm³/mol. The highest BCUT2D eigenvalue weighted by Gasteiger charge is 2.27. The van der Waals surface area contributed by atoms with E-state index in [4.69, 9.17) is 0 Å². The van der Waals surface area contributed by atoms with Gasteiger partial charge < -0.3 is 15.1 Å². The van der Waals surface area contributed by atoms with Gasteiger partial charge in [-0.2, -0.15) is 0 Å². The minimum absolute atomic E-state index is 0.0499. The molecular formula is C27H33N5O. The third-order valence-corrected chi connectivity index (χ3v) is 6.35. The van der Waals surface area contributed by atoms with Gasteiger partial charge in [0.25, 0.3) is 0 Å². The van der Waals surface area contributed by atoms with Crippen LogP contribution < -0.4 is 15.1 Å². The van der Waals surface area contributed by atoms with Crippen molar-refractivity contribution in [3.05, 3.63) is 72.6 Å². The Morgan fingerprint density at radius 3 is 2.36 bits per heavy atom. The molecule has 1 aliphatic rings. The van der Waals surface area contributed by atoms with E-state index in [1.165, 1.54) is 5.69 Å². The predicted octanol–water partition coefficient (Wildman–Crippen LogP) is 4.52. The number of aromatic nitrogens is 2. The molecule has 1 atom stereocenters. The van der Waals surface area contributed by atoms with Gasteiger partial charge in [0.2, 0.25) is 11.9 Å². The van der Waals surface area contributed by atoms with Gasteiger partial charge in [-0.05, 0) is 49.9 Å². The summed E-state index contributed by atoms with van der Waals surface area (Å²) < 4.78 is 0. The molecule has 4 rings (SSSR count). The third-order valence-electron chi connectivity index (χ3n) is 6.35. The van der Waals surface area contributed by atoms with Crippen molar-refractivity contribution in [2.75, 3.05) is 36.0 Å². The van der Waals surface area contributed by atoms with Gasteiger partial charge >= 0.3 is 0 Å². The molecule has 0 spiro atoms. The number of hydrogen-bond acceptors (Lipinski definition) is 5. The molecule has 0 aliphatic carbocycles. The van der Waals surface area contributed by atoms with E-state index in [9.17, 15) is 4.79 Å². The van der Waals surface area contributed by atoms with Gasteiger partial charge in [0.15, 0.2) is 0 Å². The van der Waals surface area contributed by atoms with Crippen molar-refractivity contribution in [2.45, 2.75) is 33.2 Å². The van der Waals surface area contributed by atoms with E-state index < -0.39 is 0 Å². The summed E-state index contributed by atoms with van der Waals surface area (Å²) in [5.41, 5.74) is 4.44. The van der Waals surface area contributed by atoms with E-state index in [0.717, 1.165) is 49.2 Å². The molecule has 1 amide bonds. The zero-order valence-corrected chi connectivity index (χ0v) is 19.6. The maximum absolute atomic E-state index is 12.9. The standard InChI is InChI=1S/C27H33N5O/c1-3-31(4-2)25-14-12-21(13-15-25)17-28-26(33)23-11-8-16-32(20-23)27-29-18-24(19-30-27)22-9-6-5-7-10-22/h5-7,9-10,12-15,18-19,23H,3-4,8,11,16-17,20H2,1-2H3,(H,28,33). The van der Waals surface area contributed by atoms with Crippen molar-refractivity contribution in [3.8, 4) is 11.1 Å². The summed E-state index contributed by atoms with van der Waals surface area (Å²) in [4.78, 5) is 26.5. The van der Waals surface area contributed by atoms with Crippen molar-refractivity contribution in [3.63, 3.8) is 0 Å². The Hall–Kier alpha value is -3.41. The first kappa shape index (κ1) is 22.8. The van der Waals surface area contributed by atoms with Crippen LogP contribution in [0.15, 0.2) is 67.0 Å². The van der Waals surface area contributed by atoms with E-state index in [-0.39, 0.29) is 11.8 Å². The lowest BCUT2D eigenvalue weighted by Crippen LogP contribution is -2.43. The van der Waals surface area contributed by atoms with E-state index in [1.54, 1.807) is 0 Å². The highest BCUT2D eigenvalue weighted by molar-refractivity contribution is 5.79. The zero-order valence-electron chi connectivity index (χ0n) is 19.6. The first-order chi connectivity index (χ1) is 16.2. The van der Waals surface area contributed by atoms with Gasteiger partial charge in [-0.25, -0.2) is 9.97 Å². The molecule has 1 saturated heterocycles. The average molecular weight is 444 g/mol. The molecular weight excluding hydrogens is 410 g/mol. The number of benzene rings is 2. The van der Waals surface area contributed by atoms with Gasteiger partial charge in [0, 0.05) is 56.4 Å². The minimum Gasteiger partial charge on any atom is -0.372 e. The normalized spacial score (nSPS) is 15.8. The van der Waals surface area contributed by atoms with Crippen LogP contribution in [0.4, 0.5) is 11.6 Å². The fraction of sp³-hybridized carbons (Fsp3) is 0.370. The average Bonchev–Trinajstić information content (AvgIpc) is 2.89. The van der Waals surface area contributed by atoms with Gasteiger partial charge in [-0.1, -0.05) is 42.5 Å². The van der Waals surface area contributed by atoms with Crippen LogP contribution in [0.5, 0.6) is 0 Å². The van der Waals surface area contributed by atoms with Crippen molar-refractivity contribution < 1.29 is 4.79 Å². The first-order valence-corrected chi connectivity index (χ1v) is 11.9. The number of anilines is 2. The number of amides is 1. The van der Waals surface area contributed by atoms with E-state index in [2.05, 4.69) is 75.3 Å². The maximum Gasteiger partial charge on any atom is 0.225 e. The second-order valence-electron chi connectivity index (χ2n) is 8.48. The topological polar surface area (TPSA) is 61.4 Å². The number of carbonyl (C=O) groups is 1. The van der Waals surface area contributed by atoms with Crippen molar-refractivity contribution in [1.82, 2.24) is 15.3 Å². The Morgan fingerprint density at radius 2 is 1.70 bits per heavy atom. The monoisotopic (exact) mass is 443 g/mol. The lowest BCUT2D eigenvalue weighted by Gasteiger charge is -2.32. The quantitative estimate of drug-likeness (QED) is 0.555. The summed E-state index contributed by atoms with van der Waals surface area (Å²) in [6.45, 7) is 8.38. The van der Waals surface area contributed by atoms with Crippen molar-refractivity contribution in [1.29, 1.82) is 0 Å². The maximum atomic E-state index is 12.9. The number of rotatable bonds is 8. The molecule has 3 aromatic rings. The number of nitrogens with zero attached hydrogens (tertiary/aromatic N) is 4. The Morgan fingerprint density at radius 1 is 1.00 bits per heavy atom. The van der Waals surface area contributed by atoms with Crippen molar-refractivity contribution >= 4 is 17.5 Å². The van der Waals surface area contributed by atoms with Gasteiger partial charge in [-0.3, -0.25) is 4.79 Å². The molecule has 1 N–H and O–H groups in total. The molecule has 1 aromatic heterocycles. The zero-order chi connectivity index (χ0) is 23.0. The van der Waals surface area contributed by atoms with E-state index in [1.807, 2.05) is 30.6 Å². The summed E-state index contributed by atoms with van der Waals surface area (Å²) in [7, 11) is 0. The number of piperidine rings is 1. The van der Waals surface area contributed by atoms with Crippen LogP contribution >= 0.6 is 0 Å². The van der Waals surface area contributed by atoms with Crippen LogP contribution in [-0.2, 0) is 11.3 Å². The van der Waals surface area contributed by atoms with Crippen LogP contribution in [0.25, 0.3) is 11.1 Å². The summed E-state index contributed by atoms with van der Waals surface area (Å²) in [5, 5.41) is 3.13. The fourth-order valence-electron chi connectivity index (χ4n) is 4.38. The number of hydrogen-bond donors (Lipinski definition) is 1. The second-order valence-corrected chi connectivity index (χ2v) is 8.48. The number of nitrogens with one attached hydrogen (secondary N) is 1. The lowest BCUT2D eigenvalue weighted by molar-refractivity contribution is -0.125. The molecule has 1 fully saturated rings. The van der Waals surface area contributed by atoms with Crippen LogP contribution in [0.1, 0.15) is 32.3 Å². The molecule has 172 valence electrons. The van der Waals surface area contributed by atoms with Crippen LogP contribution in [-0.4, -0.2) is 42.1 Å². The Labute approximate surface area is 196 Å². The Balaban J connectivity index is 1.32. The molecule has 2 heterocycles. The summed E-state index contributed by atoms with van der Waals surface area (Å²) >= 11 is 0. The summed E-state index contributed by atoms with van der Waals surface area (Å²) in [6, 6.07) is 18.6. The third kappa shape index (κ3) is 5.69. The minimum atomic E-state index is -0.0499. The fourth-order valence-corrected chi connectivity index (χ4v) is 4.38. The summed E-state index contributed by atoms with van der Waals surface area (Å²) in [5.74, 6) is 0.749. The molecule has 0 bridgehead atoms. The Bertz CT molecular complexity index is 1020. The highest BCUT2D eigenvalue weighted by atomic mass is 16.1.